The molecule has 0 N–H and O–H groups in total. The second-order valence-corrected chi connectivity index (χ2v) is 3.32. The molecule has 0 fully saturated rings. The number of aryl methyl sites for hydroxylation is 1. The summed E-state index contributed by atoms with van der Waals surface area (Å²) in [6, 6.07) is 5.80. The largest absolute Gasteiger partial charge is 0.497 e. The average Bonchev–Trinajstić information content (AvgIpc) is 2.27. The number of hydrogen-bond donors (Lipinski definition) is 0. The highest BCUT2D eigenvalue weighted by molar-refractivity contribution is 5.36. The van der Waals surface area contributed by atoms with Gasteiger partial charge in [-0.3, -0.25) is 4.39 Å². The van der Waals surface area contributed by atoms with Gasteiger partial charge in [0.15, 0.2) is 0 Å². The highest BCUT2D eigenvalue weighted by atomic mass is 19.1. The Labute approximate surface area is 84.9 Å². The molecule has 0 amide bonds. The predicted molar refractivity (Wildman–Crippen MR) is 56.4 cm³/mol. The van der Waals surface area contributed by atoms with Crippen molar-refractivity contribution in [3.05, 3.63) is 36.2 Å². The minimum atomic E-state index is -0.434. The summed E-state index contributed by atoms with van der Waals surface area (Å²) in [4.78, 5) is 0. The van der Waals surface area contributed by atoms with Gasteiger partial charge in [0.05, 0.1) is 13.8 Å². The maximum Gasteiger partial charge on any atom is 0.119 e. The Morgan fingerprint density at radius 1 is 1.43 bits per heavy atom. The third kappa shape index (κ3) is 2.47. The van der Waals surface area contributed by atoms with Crippen LogP contribution in [-0.4, -0.2) is 13.8 Å². The molecule has 1 aromatic carbocycles. The zero-order chi connectivity index (χ0) is 10.6. The molecule has 1 radical (unpaired) electrons. The van der Waals surface area contributed by atoms with Crippen LogP contribution in [0.2, 0.25) is 0 Å². The highest BCUT2D eigenvalue weighted by Gasteiger charge is 2.07. The molecular formula is C12H16FO. The van der Waals surface area contributed by atoms with Crippen LogP contribution in [0.5, 0.6) is 5.75 Å². The lowest BCUT2D eigenvalue weighted by Gasteiger charge is -2.11. The molecule has 0 aliphatic carbocycles. The molecule has 0 aliphatic rings. The molecule has 2 heteroatoms. The van der Waals surface area contributed by atoms with Gasteiger partial charge in [0.25, 0.3) is 0 Å². The summed E-state index contributed by atoms with van der Waals surface area (Å²) >= 11 is 0. The van der Waals surface area contributed by atoms with E-state index in [1.165, 1.54) is 0 Å². The van der Waals surface area contributed by atoms with Crippen LogP contribution in [0.1, 0.15) is 24.0 Å². The van der Waals surface area contributed by atoms with Crippen molar-refractivity contribution < 1.29 is 9.13 Å². The Kier molecular flexibility index (Phi) is 3.93. The van der Waals surface area contributed by atoms with Crippen molar-refractivity contribution in [2.24, 2.45) is 0 Å². The van der Waals surface area contributed by atoms with E-state index in [0.717, 1.165) is 23.3 Å². The summed E-state index contributed by atoms with van der Waals surface area (Å²) in [5.41, 5.74) is 2.06. The molecular weight excluding hydrogens is 179 g/mol. The van der Waals surface area contributed by atoms with E-state index in [1.54, 1.807) is 7.11 Å². The summed E-state index contributed by atoms with van der Waals surface area (Å²) in [6.07, 6.45) is 0.920. The van der Waals surface area contributed by atoms with Crippen LogP contribution in [0.25, 0.3) is 0 Å². The second kappa shape index (κ2) is 4.99. The van der Waals surface area contributed by atoms with E-state index in [4.69, 9.17) is 4.74 Å². The standard InChI is InChI=1S/C12H16FO/c1-4-10-5-11(9(2)8-13)7-12(6-10)14-3/h5-7,9H,2,4,8H2,1,3H3. The molecule has 0 bridgehead atoms. The SMILES string of the molecule is [CH2]C(CF)c1cc(CC)cc(OC)c1. The first-order chi connectivity index (χ1) is 6.71. The Morgan fingerprint density at radius 3 is 2.64 bits per heavy atom. The quantitative estimate of drug-likeness (QED) is 0.717. The average molecular weight is 195 g/mol. The molecule has 77 valence electrons. The van der Waals surface area contributed by atoms with Gasteiger partial charge in [0.1, 0.15) is 5.75 Å². The number of methoxy groups -OCH3 is 1. The van der Waals surface area contributed by atoms with Gasteiger partial charge in [-0.25, -0.2) is 0 Å². The van der Waals surface area contributed by atoms with Crippen LogP contribution in [0.15, 0.2) is 18.2 Å². The fourth-order valence-electron chi connectivity index (χ4n) is 1.33. The molecule has 1 rings (SSSR count). The predicted octanol–water partition coefficient (Wildman–Crippen LogP) is 3.14. The number of rotatable bonds is 4. The van der Waals surface area contributed by atoms with E-state index < -0.39 is 6.67 Å². The second-order valence-electron chi connectivity index (χ2n) is 3.32. The van der Waals surface area contributed by atoms with E-state index in [-0.39, 0.29) is 5.92 Å². The van der Waals surface area contributed by atoms with Gasteiger partial charge in [-0.15, -0.1) is 0 Å². The molecule has 0 aliphatic heterocycles. The first kappa shape index (κ1) is 11.0. The van der Waals surface area contributed by atoms with Gasteiger partial charge >= 0.3 is 0 Å². The molecule has 1 aromatic rings. The van der Waals surface area contributed by atoms with Crippen molar-refractivity contribution in [2.45, 2.75) is 19.3 Å². The third-order valence-corrected chi connectivity index (χ3v) is 2.29. The van der Waals surface area contributed by atoms with Crippen LogP contribution in [-0.2, 0) is 6.42 Å². The van der Waals surface area contributed by atoms with Crippen LogP contribution in [0, 0.1) is 6.92 Å². The molecule has 0 saturated heterocycles. The van der Waals surface area contributed by atoms with Crippen LogP contribution < -0.4 is 4.74 Å². The van der Waals surface area contributed by atoms with E-state index in [0.29, 0.717) is 0 Å². The molecule has 0 spiro atoms. The fourth-order valence-corrected chi connectivity index (χ4v) is 1.33. The van der Waals surface area contributed by atoms with Gasteiger partial charge in [0, 0.05) is 5.92 Å². The van der Waals surface area contributed by atoms with E-state index >= 15 is 0 Å². The van der Waals surface area contributed by atoms with Crippen LogP contribution in [0.3, 0.4) is 0 Å². The number of alkyl halides is 1. The molecule has 0 aromatic heterocycles. The van der Waals surface area contributed by atoms with E-state index in [2.05, 4.69) is 13.8 Å². The van der Waals surface area contributed by atoms with Crippen molar-refractivity contribution in [2.75, 3.05) is 13.8 Å². The lowest BCUT2D eigenvalue weighted by Crippen LogP contribution is -1.98. The first-order valence-corrected chi connectivity index (χ1v) is 4.78. The molecule has 1 nitrogen and oxygen atoms in total. The fraction of sp³-hybridized carbons (Fsp3) is 0.417. The third-order valence-electron chi connectivity index (χ3n) is 2.29. The lowest BCUT2D eigenvalue weighted by atomic mass is 9.99. The summed E-state index contributed by atoms with van der Waals surface area (Å²) in [5.74, 6) is 0.483. The van der Waals surface area contributed by atoms with Crippen molar-refractivity contribution in [1.82, 2.24) is 0 Å². The Hall–Kier alpha value is -1.05. The monoisotopic (exact) mass is 195 g/mol. The maximum atomic E-state index is 12.4. The topological polar surface area (TPSA) is 9.23 Å². The molecule has 1 unspecified atom stereocenters. The van der Waals surface area contributed by atoms with Crippen LogP contribution >= 0.6 is 0 Å². The lowest BCUT2D eigenvalue weighted by molar-refractivity contribution is 0.412. The van der Waals surface area contributed by atoms with Gasteiger partial charge in [0.2, 0.25) is 0 Å². The summed E-state index contributed by atoms with van der Waals surface area (Å²) < 4.78 is 17.6. The smallest absolute Gasteiger partial charge is 0.119 e. The van der Waals surface area contributed by atoms with E-state index in [1.807, 2.05) is 18.2 Å². The number of halogens is 1. The Morgan fingerprint density at radius 2 is 2.14 bits per heavy atom. The van der Waals surface area contributed by atoms with Crippen molar-refractivity contribution >= 4 is 0 Å². The summed E-state index contributed by atoms with van der Waals surface area (Å²) in [5, 5.41) is 0. The van der Waals surface area contributed by atoms with Crippen LogP contribution in [0.4, 0.5) is 4.39 Å². The Balaban J connectivity index is 3.04. The number of benzene rings is 1. The normalized spacial score (nSPS) is 12.6. The van der Waals surface area contributed by atoms with Gasteiger partial charge in [-0.2, -0.15) is 0 Å². The minimum Gasteiger partial charge on any atom is -0.497 e. The first-order valence-electron chi connectivity index (χ1n) is 4.78. The minimum absolute atomic E-state index is 0.296. The highest BCUT2D eigenvalue weighted by Crippen LogP contribution is 2.23. The molecule has 1 atom stereocenters. The molecule has 14 heavy (non-hydrogen) atoms. The molecule has 0 saturated carbocycles. The van der Waals surface area contributed by atoms with Crippen molar-refractivity contribution in [3.63, 3.8) is 0 Å². The maximum absolute atomic E-state index is 12.4. The zero-order valence-corrected chi connectivity index (χ0v) is 8.72. The summed E-state index contributed by atoms with van der Waals surface area (Å²) in [6.45, 7) is 5.37. The summed E-state index contributed by atoms with van der Waals surface area (Å²) in [7, 11) is 1.62. The van der Waals surface area contributed by atoms with E-state index in [9.17, 15) is 4.39 Å². The Bertz CT molecular complexity index is 274. The van der Waals surface area contributed by atoms with Crippen molar-refractivity contribution in [3.8, 4) is 5.75 Å². The van der Waals surface area contributed by atoms with Gasteiger partial charge in [-0.05, 0) is 36.6 Å². The number of hydrogen-bond acceptors (Lipinski definition) is 1. The molecule has 0 heterocycles. The number of ether oxygens (including phenoxy) is 1. The van der Waals surface area contributed by atoms with Gasteiger partial charge in [-0.1, -0.05) is 13.0 Å². The van der Waals surface area contributed by atoms with Crippen molar-refractivity contribution in [1.29, 1.82) is 0 Å². The van der Waals surface area contributed by atoms with Gasteiger partial charge < -0.3 is 4.74 Å². The zero-order valence-electron chi connectivity index (χ0n) is 8.72.